The van der Waals surface area contributed by atoms with Crippen LogP contribution in [0.4, 0.5) is 0 Å². The van der Waals surface area contributed by atoms with Crippen molar-refractivity contribution in [2.75, 3.05) is 46.2 Å². The second kappa shape index (κ2) is 34.0. The molecule has 93 heavy (non-hydrogen) atoms. The van der Waals surface area contributed by atoms with E-state index in [-0.39, 0.29) is 0 Å². The van der Waals surface area contributed by atoms with Crippen LogP contribution in [0.2, 0.25) is 0 Å². The van der Waals surface area contributed by atoms with Crippen molar-refractivity contribution in [1.82, 2.24) is 10.6 Å². The third-order valence-corrected chi connectivity index (χ3v) is 17.0. The SMILES string of the molecule is CC(=O)N[C@H]1[C@H](OC[C@@H](O)[C@H](O)[C@H](O[C@@H]2O[C@H](CO)[C@H](O)[C@H](O)[C@H]2O[C@@H]2O[C@@H](C)[C@@H](O)[C@@H](O)[C@@H]2O)[C@H](CO)NC(C)=O)O[C@H](CO)[C@@H](O[C@@H]2O[C@H](CO)[C@H](O[C@H]3O[C@H](CO)[C@H](O)[C@H](O[C@H]4O[C@H](CO)[C@H](O)[C@H](O)[C@H]4O[C@@H]4O[C@@H](C)[C@@H](O)[C@@H](O)[C@@H]4O)[C@H]3O)[C@H](O)[C@H]2O)[C@@H]1O. The van der Waals surface area contributed by atoms with E-state index < -0.39 is 297 Å². The van der Waals surface area contributed by atoms with Gasteiger partial charge < -0.3 is 194 Å². The largest absolute Gasteiger partial charge is 0.394 e. The Hall–Kier alpha value is -2.54. The van der Waals surface area contributed by atoms with E-state index in [1.54, 1.807) is 0 Å². The summed E-state index contributed by atoms with van der Waals surface area (Å²) in [5.41, 5.74) is 0. The zero-order chi connectivity index (χ0) is 68.9. The summed E-state index contributed by atoms with van der Waals surface area (Å²) in [6, 6.07) is -3.50. The average Bonchev–Trinajstić information content (AvgIpc) is 0.787. The molecule has 0 spiro atoms. The summed E-state index contributed by atoms with van der Waals surface area (Å²) >= 11 is 0. The number of ether oxygens (including phenoxy) is 14. The third-order valence-electron chi connectivity index (χ3n) is 17.0. The maximum atomic E-state index is 12.7. The number of aliphatic hydroxyl groups is 23. The maximum absolute atomic E-state index is 12.7. The van der Waals surface area contributed by atoms with E-state index in [1.807, 2.05) is 0 Å². The van der Waals surface area contributed by atoms with Crippen LogP contribution in [0, 0.1) is 0 Å². The predicted molar refractivity (Wildman–Crippen MR) is 287 cm³/mol. The van der Waals surface area contributed by atoms with Gasteiger partial charge in [-0.25, -0.2) is 0 Å². The first kappa shape index (κ1) is 77.8. The number of aliphatic hydroxyl groups excluding tert-OH is 23. The first-order valence-electron chi connectivity index (χ1n) is 29.8. The number of rotatable bonds is 26. The Kier molecular flexibility index (Phi) is 28.5. The standard InChI is InChI=1S/C52H90N2O39/c1-12-24(64)31(71)36(76)47(81-12)92-44-33(73)27(67)18(6-56)84-51(44)88-40(16(5-55)53-14(3)61)26(66)17(63)11-80-46-23(54-15(4)62)30(70)41(21(9-59)86-46)89-49-38(78)35(75)42(22(10-60)87-49)90-50-39(79)43(29(69)20(8-58)83-50)91-52-45(34(74)28(68)19(7-57)85-52)93-48-37(77)32(72)25(65)13(2)82-48/h12-13,16-52,55-60,63-79H,5-11H2,1-4H3,(H,53,61)(H,54,62)/t12-,13-,16-,17+,18+,19+,20+,21+,22+,23+,24+,25+,26-,27-,28-,29-,30+,31+,32+,33-,34-,35+,36-,37-,38+,39+,40+,41+,42-,43-,44+,45+,46+,47-,48-,49-,50+,51-,52+/m0/s1. The minimum absolute atomic E-state index is 0.847. The van der Waals surface area contributed by atoms with Crippen LogP contribution in [-0.4, -0.2) is 415 Å². The molecule has 0 aliphatic carbocycles. The summed E-state index contributed by atoms with van der Waals surface area (Å²) in [6.45, 7) is -2.83. The van der Waals surface area contributed by atoms with Gasteiger partial charge in [0, 0.05) is 13.8 Å². The zero-order valence-corrected chi connectivity index (χ0v) is 50.3. The van der Waals surface area contributed by atoms with Gasteiger partial charge in [0.05, 0.1) is 64.5 Å². The number of nitrogens with one attached hydrogen (secondary N) is 2. The highest BCUT2D eigenvalue weighted by molar-refractivity contribution is 5.73. The number of hydrogen-bond acceptors (Lipinski definition) is 39. The van der Waals surface area contributed by atoms with Crippen molar-refractivity contribution < 1.29 is 193 Å². The van der Waals surface area contributed by atoms with Crippen molar-refractivity contribution in [1.29, 1.82) is 0 Å². The lowest BCUT2D eigenvalue weighted by molar-refractivity contribution is -0.398. The molecule has 7 saturated heterocycles. The van der Waals surface area contributed by atoms with Gasteiger partial charge in [0.15, 0.2) is 44.0 Å². The minimum Gasteiger partial charge on any atom is -0.394 e. The third kappa shape index (κ3) is 17.4. The highest BCUT2D eigenvalue weighted by Crippen LogP contribution is 2.38. The van der Waals surface area contributed by atoms with E-state index in [0.29, 0.717) is 0 Å². The normalized spacial score (nSPS) is 48.1. The molecule has 7 aliphatic heterocycles. The fourth-order valence-electron chi connectivity index (χ4n) is 11.6. The molecule has 0 aromatic carbocycles. The van der Waals surface area contributed by atoms with Crippen LogP contribution in [0.3, 0.4) is 0 Å². The van der Waals surface area contributed by atoms with Crippen molar-refractivity contribution in [3.63, 3.8) is 0 Å². The Bertz CT molecular complexity index is 2300. The van der Waals surface area contributed by atoms with E-state index in [9.17, 15) is 127 Å². The number of hydrogen-bond donors (Lipinski definition) is 25. The van der Waals surface area contributed by atoms with Crippen LogP contribution in [0.1, 0.15) is 27.7 Å². The van der Waals surface area contributed by atoms with Gasteiger partial charge >= 0.3 is 0 Å². The Morgan fingerprint density at radius 1 is 0.387 bits per heavy atom. The molecule has 41 nitrogen and oxygen atoms in total. The van der Waals surface area contributed by atoms with Crippen LogP contribution in [0.25, 0.3) is 0 Å². The average molecular weight is 1370 g/mol. The molecular weight excluding hydrogens is 1280 g/mol. The highest BCUT2D eigenvalue weighted by atomic mass is 16.8. The molecule has 2 amide bonds. The first-order valence-corrected chi connectivity index (χ1v) is 29.8. The van der Waals surface area contributed by atoms with Crippen molar-refractivity contribution in [3.8, 4) is 0 Å². The van der Waals surface area contributed by atoms with Crippen molar-refractivity contribution in [2.24, 2.45) is 0 Å². The van der Waals surface area contributed by atoms with Crippen LogP contribution in [0.15, 0.2) is 0 Å². The summed E-state index contributed by atoms with van der Waals surface area (Å²) in [5.74, 6) is -1.73. The fraction of sp³-hybridized carbons (Fsp3) is 0.962. The molecule has 0 bridgehead atoms. The molecule has 542 valence electrons. The van der Waals surface area contributed by atoms with Gasteiger partial charge in [-0.05, 0) is 13.8 Å². The Morgan fingerprint density at radius 3 is 1.24 bits per heavy atom. The summed E-state index contributed by atoms with van der Waals surface area (Å²) in [5, 5.41) is 254. The van der Waals surface area contributed by atoms with Crippen LogP contribution >= 0.6 is 0 Å². The molecule has 0 aromatic rings. The molecule has 7 fully saturated rings. The molecule has 41 heteroatoms. The lowest BCUT2D eigenvalue weighted by atomic mass is 9.94. The van der Waals surface area contributed by atoms with Gasteiger partial charge in [-0.1, -0.05) is 0 Å². The fourth-order valence-corrected chi connectivity index (χ4v) is 11.6. The summed E-state index contributed by atoms with van der Waals surface area (Å²) < 4.78 is 80.1. The predicted octanol–water partition coefficient (Wildman–Crippen LogP) is -16.5. The lowest BCUT2D eigenvalue weighted by Crippen LogP contribution is -2.69. The lowest BCUT2D eigenvalue weighted by Gasteiger charge is -2.50. The van der Waals surface area contributed by atoms with Gasteiger partial charge in [-0.15, -0.1) is 0 Å². The van der Waals surface area contributed by atoms with E-state index in [4.69, 9.17) is 66.3 Å². The van der Waals surface area contributed by atoms with E-state index in [1.165, 1.54) is 13.8 Å². The van der Waals surface area contributed by atoms with Gasteiger partial charge in [-0.2, -0.15) is 0 Å². The van der Waals surface area contributed by atoms with E-state index in [0.717, 1.165) is 13.8 Å². The van der Waals surface area contributed by atoms with Gasteiger partial charge in [0.2, 0.25) is 11.8 Å². The zero-order valence-electron chi connectivity index (χ0n) is 50.3. The van der Waals surface area contributed by atoms with Crippen LogP contribution < -0.4 is 10.6 Å². The van der Waals surface area contributed by atoms with Crippen LogP contribution in [0.5, 0.6) is 0 Å². The molecule has 25 N–H and O–H groups in total. The maximum Gasteiger partial charge on any atom is 0.217 e. The van der Waals surface area contributed by atoms with Crippen LogP contribution in [-0.2, 0) is 75.9 Å². The number of carbonyl (C=O) groups excluding carboxylic acids is 2. The van der Waals surface area contributed by atoms with Crippen molar-refractivity contribution >= 4 is 11.8 Å². The molecule has 0 aromatic heterocycles. The number of amides is 2. The Labute approximate surface area is 528 Å². The number of carbonyl (C=O) groups is 2. The monoisotopic (exact) mass is 1370 g/mol. The summed E-state index contributed by atoms with van der Waals surface area (Å²) in [4.78, 5) is 25.0. The highest BCUT2D eigenvalue weighted by Gasteiger charge is 2.58. The first-order chi connectivity index (χ1) is 43.9. The Balaban J connectivity index is 1.04. The van der Waals surface area contributed by atoms with Crippen molar-refractivity contribution in [2.45, 2.75) is 267 Å². The van der Waals surface area contributed by atoms with Crippen molar-refractivity contribution in [3.05, 3.63) is 0 Å². The topological polar surface area (TPSA) is 653 Å². The molecular formula is C52H90N2O39. The molecule has 0 saturated carbocycles. The molecule has 0 radical (unpaired) electrons. The van der Waals surface area contributed by atoms with Gasteiger partial charge in [0.1, 0.15) is 177 Å². The Morgan fingerprint density at radius 2 is 0.763 bits per heavy atom. The summed E-state index contributed by atoms with van der Waals surface area (Å²) in [7, 11) is 0. The molecule has 7 aliphatic rings. The molecule has 0 unspecified atom stereocenters. The second-order valence-electron chi connectivity index (χ2n) is 23.6. The van der Waals surface area contributed by atoms with Gasteiger partial charge in [-0.3, -0.25) is 9.59 Å². The quantitative estimate of drug-likeness (QED) is 0.0382. The van der Waals surface area contributed by atoms with E-state index in [2.05, 4.69) is 10.6 Å². The second-order valence-corrected chi connectivity index (χ2v) is 23.6. The van der Waals surface area contributed by atoms with E-state index >= 15 is 0 Å². The minimum atomic E-state index is -2.34. The van der Waals surface area contributed by atoms with Gasteiger partial charge in [0.25, 0.3) is 0 Å². The molecule has 7 heterocycles. The molecule has 39 atom stereocenters. The summed E-state index contributed by atoms with van der Waals surface area (Å²) in [6.07, 6.45) is -71.7. The molecule has 7 rings (SSSR count). The smallest absolute Gasteiger partial charge is 0.217 e.